The Kier molecular flexibility index (Phi) is 3.80. The molecule has 0 aliphatic rings. The van der Waals surface area contributed by atoms with Gasteiger partial charge in [0, 0.05) is 30.1 Å². The van der Waals surface area contributed by atoms with Gasteiger partial charge in [-0.3, -0.25) is 9.48 Å². The third-order valence-electron chi connectivity index (χ3n) is 3.01. The fourth-order valence-electron chi connectivity index (χ4n) is 1.90. The van der Waals surface area contributed by atoms with Crippen molar-refractivity contribution in [3.8, 4) is 0 Å². The van der Waals surface area contributed by atoms with Gasteiger partial charge in [-0.2, -0.15) is 5.10 Å². The van der Waals surface area contributed by atoms with Crippen LogP contribution in [0.25, 0.3) is 6.08 Å². The van der Waals surface area contributed by atoms with E-state index in [1.807, 2.05) is 55.9 Å². The molecule has 1 amide bonds. The first-order chi connectivity index (χ1) is 9.08. The zero-order valence-electron chi connectivity index (χ0n) is 11.3. The number of anilines is 1. The van der Waals surface area contributed by atoms with E-state index in [4.69, 9.17) is 0 Å². The molecule has 4 nitrogen and oxygen atoms in total. The van der Waals surface area contributed by atoms with Crippen LogP contribution in [0.4, 0.5) is 5.69 Å². The third-order valence-corrected chi connectivity index (χ3v) is 3.01. The fraction of sp³-hybridized carbons (Fsp3) is 0.200. The van der Waals surface area contributed by atoms with Gasteiger partial charge in [0.05, 0.1) is 5.69 Å². The van der Waals surface area contributed by atoms with E-state index in [9.17, 15) is 4.79 Å². The number of carbonyl (C=O) groups excluding carboxylic acids is 1. The lowest BCUT2D eigenvalue weighted by Gasteiger charge is -2.00. The van der Waals surface area contributed by atoms with Crippen LogP contribution in [0.5, 0.6) is 0 Å². The van der Waals surface area contributed by atoms with Gasteiger partial charge in [0.2, 0.25) is 5.91 Å². The minimum absolute atomic E-state index is 0.145. The summed E-state index contributed by atoms with van der Waals surface area (Å²) < 4.78 is 1.81. The highest BCUT2D eigenvalue weighted by Crippen LogP contribution is 2.13. The third kappa shape index (κ3) is 3.10. The van der Waals surface area contributed by atoms with Crippen molar-refractivity contribution in [2.24, 2.45) is 7.05 Å². The summed E-state index contributed by atoms with van der Waals surface area (Å²) >= 11 is 0. The SMILES string of the molecule is Cc1nn(C)c(C)c1C=CC(=O)Nc1ccccc1. The molecule has 0 saturated carbocycles. The molecule has 2 aromatic rings. The number of aromatic nitrogens is 2. The maximum Gasteiger partial charge on any atom is 0.248 e. The summed E-state index contributed by atoms with van der Waals surface area (Å²) in [6.07, 6.45) is 3.33. The van der Waals surface area contributed by atoms with E-state index >= 15 is 0 Å². The number of hydrogen-bond donors (Lipinski definition) is 1. The number of benzene rings is 1. The Hall–Kier alpha value is -2.36. The standard InChI is InChI=1S/C15H17N3O/c1-11-14(12(2)18(3)17-11)9-10-15(19)16-13-7-5-4-6-8-13/h4-10H,1-3H3,(H,16,19). The number of nitrogens with one attached hydrogen (secondary N) is 1. The van der Waals surface area contributed by atoms with Crippen LogP contribution in [0.3, 0.4) is 0 Å². The van der Waals surface area contributed by atoms with E-state index in [0.29, 0.717) is 0 Å². The molecule has 98 valence electrons. The van der Waals surface area contributed by atoms with Crippen molar-refractivity contribution in [2.45, 2.75) is 13.8 Å². The van der Waals surface area contributed by atoms with E-state index in [0.717, 1.165) is 22.6 Å². The van der Waals surface area contributed by atoms with Crippen molar-refractivity contribution in [3.63, 3.8) is 0 Å². The Morgan fingerprint density at radius 1 is 1.26 bits per heavy atom. The van der Waals surface area contributed by atoms with Crippen LogP contribution in [-0.4, -0.2) is 15.7 Å². The number of rotatable bonds is 3. The smallest absolute Gasteiger partial charge is 0.248 e. The van der Waals surface area contributed by atoms with E-state index in [1.165, 1.54) is 6.08 Å². The molecule has 0 fully saturated rings. The van der Waals surface area contributed by atoms with Crippen molar-refractivity contribution in [3.05, 3.63) is 53.4 Å². The molecule has 2 rings (SSSR count). The Balaban J connectivity index is 2.08. The number of aryl methyl sites for hydroxylation is 2. The first kappa shape index (κ1) is 13.1. The molecule has 1 aromatic heterocycles. The Bertz CT molecular complexity index is 612. The summed E-state index contributed by atoms with van der Waals surface area (Å²) in [5, 5.41) is 7.11. The molecule has 0 spiro atoms. The molecule has 4 heteroatoms. The van der Waals surface area contributed by atoms with E-state index in [1.54, 1.807) is 6.08 Å². The molecule has 0 radical (unpaired) electrons. The fourth-order valence-corrected chi connectivity index (χ4v) is 1.90. The summed E-state index contributed by atoms with van der Waals surface area (Å²) in [7, 11) is 1.89. The second-order valence-electron chi connectivity index (χ2n) is 4.40. The zero-order chi connectivity index (χ0) is 13.8. The lowest BCUT2D eigenvalue weighted by Crippen LogP contribution is -2.07. The van der Waals surface area contributed by atoms with Gasteiger partial charge in [-0.1, -0.05) is 18.2 Å². The van der Waals surface area contributed by atoms with Crippen molar-refractivity contribution in [2.75, 3.05) is 5.32 Å². The van der Waals surface area contributed by atoms with E-state index in [2.05, 4.69) is 10.4 Å². The van der Waals surface area contributed by atoms with Crippen molar-refractivity contribution < 1.29 is 4.79 Å². The summed E-state index contributed by atoms with van der Waals surface area (Å²) in [4.78, 5) is 11.8. The second-order valence-corrected chi connectivity index (χ2v) is 4.40. The Labute approximate surface area is 112 Å². The highest BCUT2D eigenvalue weighted by Gasteiger charge is 2.06. The lowest BCUT2D eigenvalue weighted by atomic mass is 10.2. The van der Waals surface area contributed by atoms with Crippen molar-refractivity contribution in [1.29, 1.82) is 0 Å². The molecule has 1 N–H and O–H groups in total. The minimum Gasteiger partial charge on any atom is -0.323 e. The van der Waals surface area contributed by atoms with Gasteiger partial charge in [0.25, 0.3) is 0 Å². The van der Waals surface area contributed by atoms with E-state index < -0.39 is 0 Å². The van der Waals surface area contributed by atoms with Crippen LogP contribution in [0.1, 0.15) is 17.0 Å². The summed E-state index contributed by atoms with van der Waals surface area (Å²) in [6, 6.07) is 9.38. The molecular weight excluding hydrogens is 238 g/mol. The first-order valence-corrected chi connectivity index (χ1v) is 6.12. The van der Waals surface area contributed by atoms with Crippen LogP contribution in [0, 0.1) is 13.8 Å². The minimum atomic E-state index is -0.145. The van der Waals surface area contributed by atoms with Crippen LogP contribution in [-0.2, 0) is 11.8 Å². The number of carbonyl (C=O) groups is 1. The maximum absolute atomic E-state index is 11.8. The molecule has 1 heterocycles. The first-order valence-electron chi connectivity index (χ1n) is 6.12. The monoisotopic (exact) mass is 255 g/mol. The molecule has 0 atom stereocenters. The largest absolute Gasteiger partial charge is 0.323 e. The van der Waals surface area contributed by atoms with Gasteiger partial charge in [0.1, 0.15) is 0 Å². The highest BCUT2D eigenvalue weighted by atomic mass is 16.1. The van der Waals surface area contributed by atoms with Gasteiger partial charge in [-0.15, -0.1) is 0 Å². The van der Waals surface area contributed by atoms with Gasteiger partial charge in [0.15, 0.2) is 0 Å². The van der Waals surface area contributed by atoms with E-state index in [-0.39, 0.29) is 5.91 Å². The van der Waals surface area contributed by atoms with Crippen molar-refractivity contribution in [1.82, 2.24) is 9.78 Å². The summed E-state index contributed by atoms with van der Waals surface area (Å²) in [5.74, 6) is -0.145. The van der Waals surface area contributed by atoms with Gasteiger partial charge in [-0.25, -0.2) is 0 Å². The lowest BCUT2D eigenvalue weighted by molar-refractivity contribution is -0.111. The predicted molar refractivity (Wildman–Crippen MR) is 76.8 cm³/mol. The molecule has 0 saturated heterocycles. The molecule has 1 aromatic carbocycles. The average molecular weight is 255 g/mol. The van der Waals surface area contributed by atoms with Crippen LogP contribution in [0.2, 0.25) is 0 Å². The van der Waals surface area contributed by atoms with Crippen LogP contribution < -0.4 is 5.32 Å². The van der Waals surface area contributed by atoms with Crippen molar-refractivity contribution >= 4 is 17.7 Å². The number of para-hydroxylation sites is 1. The molecule has 0 aliphatic heterocycles. The second kappa shape index (κ2) is 5.52. The Morgan fingerprint density at radius 3 is 2.53 bits per heavy atom. The van der Waals surface area contributed by atoms with Crippen LogP contribution >= 0.6 is 0 Å². The highest BCUT2D eigenvalue weighted by molar-refractivity contribution is 6.02. The quantitative estimate of drug-likeness (QED) is 0.857. The Morgan fingerprint density at radius 2 is 1.95 bits per heavy atom. The summed E-state index contributed by atoms with van der Waals surface area (Å²) in [6.45, 7) is 3.91. The van der Waals surface area contributed by atoms with Crippen LogP contribution in [0.15, 0.2) is 36.4 Å². The number of amides is 1. The summed E-state index contributed by atoms with van der Waals surface area (Å²) in [5.41, 5.74) is 3.74. The molecule has 0 aliphatic carbocycles. The zero-order valence-corrected chi connectivity index (χ0v) is 11.3. The maximum atomic E-state index is 11.8. The molecule has 0 unspecified atom stereocenters. The van der Waals surface area contributed by atoms with Gasteiger partial charge < -0.3 is 5.32 Å². The number of hydrogen-bond acceptors (Lipinski definition) is 2. The molecule has 19 heavy (non-hydrogen) atoms. The predicted octanol–water partition coefficient (Wildman–Crippen LogP) is 2.69. The number of nitrogens with zero attached hydrogens (tertiary/aromatic N) is 2. The normalized spacial score (nSPS) is 10.9. The molecule has 0 bridgehead atoms. The average Bonchev–Trinajstić information content (AvgIpc) is 2.62. The topological polar surface area (TPSA) is 46.9 Å². The van der Waals surface area contributed by atoms with Gasteiger partial charge >= 0.3 is 0 Å². The van der Waals surface area contributed by atoms with Gasteiger partial charge in [-0.05, 0) is 32.1 Å². The molecular formula is C15H17N3O.